The van der Waals surface area contributed by atoms with Gasteiger partial charge in [-0.1, -0.05) is 0 Å². The lowest BCUT2D eigenvalue weighted by atomic mass is 9.99. The Hall–Kier alpha value is -2.35. The Balaban J connectivity index is 1.82. The number of carbonyl (C=O) groups is 1. The molecule has 0 saturated carbocycles. The van der Waals surface area contributed by atoms with E-state index in [0.29, 0.717) is 6.42 Å². The quantitative estimate of drug-likeness (QED) is 0.863. The van der Waals surface area contributed by atoms with Crippen LogP contribution < -0.4 is 0 Å². The van der Waals surface area contributed by atoms with Crippen molar-refractivity contribution in [2.75, 3.05) is 7.05 Å². The lowest BCUT2D eigenvalue weighted by molar-refractivity contribution is -0.00701. The third-order valence-corrected chi connectivity index (χ3v) is 4.25. The number of aromatic nitrogens is 2. The van der Waals surface area contributed by atoms with E-state index in [4.69, 9.17) is 4.74 Å². The van der Waals surface area contributed by atoms with Gasteiger partial charge in [0, 0.05) is 25.6 Å². The largest absolute Gasteiger partial charge is 0.369 e. The maximum Gasteiger partial charge on any atom is 0.274 e. The second kappa shape index (κ2) is 6.51. The predicted octanol–water partition coefficient (Wildman–Crippen LogP) is 3.12. The summed E-state index contributed by atoms with van der Waals surface area (Å²) in [6, 6.07) is 1.75. The van der Waals surface area contributed by atoms with Crippen LogP contribution in [0, 0.1) is 17.5 Å². The Bertz CT molecular complexity index is 798. The minimum Gasteiger partial charge on any atom is -0.369 e. The van der Waals surface area contributed by atoms with Crippen molar-refractivity contribution in [1.29, 1.82) is 0 Å². The van der Waals surface area contributed by atoms with Crippen molar-refractivity contribution < 1.29 is 22.7 Å². The van der Waals surface area contributed by atoms with Crippen LogP contribution in [-0.2, 0) is 17.7 Å². The molecule has 0 spiro atoms. The first-order chi connectivity index (χ1) is 11.8. The first kappa shape index (κ1) is 17.5. The molecule has 0 saturated heterocycles. The molecule has 0 radical (unpaired) electrons. The van der Waals surface area contributed by atoms with Gasteiger partial charge in [-0.25, -0.2) is 13.2 Å². The number of halogens is 3. The fourth-order valence-corrected chi connectivity index (χ4v) is 3.08. The van der Waals surface area contributed by atoms with Gasteiger partial charge in [-0.15, -0.1) is 0 Å². The summed E-state index contributed by atoms with van der Waals surface area (Å²) in [6.45, 7) is 3.71. The molecule has 8 heteroatoms. The molecule has 2 heterocycles. The van der Waals surface area contributed by atoms with Crippen molar-refractivity contribution in [2.45, 2.75) is 39.0 Å². The number of ether oxygens (including phenoxy) is 1. The van der Waals surface area contributed by atoms with E-state index in [2.05, 4.69) is 10.2 Å². The summed E-state index contributed by atoms with van der Waals surface area (Å²) < 4.78 is 45.4. The third-order valence-electron chi connectivity index (χ3n) is 4.25. The number of fused-ring (bicyclic) bond motifs is 1. The van der Waals surface area contributed by atoms with E-state index in [0.717, 1.165) is 23.4 Å². The molecule has 25 heavy (non-hydrogen) atoms. The van der Waals surface area contributed by atoms with Crippen LogP contribution in [0.1, 0.15) is 47.3 Å². The lowest BCUT2D eigenvalue weighted by Crippen LogP contribution is -2.29. The normalized spacial score (nSPS) is 19.6. The molecular formula is C17H18F3N3O2. The summed E-state index contributed by atoms with van der Waals surface area (Å²) in [6.07, 6.45) is 0.306. The van der Waals surface area contributed by atoms with E-state index in [1.165, 1.54) is 11.9 Å². The van der Waals surface area contributed by atoms with Gasteiger partial charge in [-0.2, -0.15) is 5.10 Å². The van der Waals surface area contributed by atoms with Crippen LogP contribution in [0.5, 0.6) is 0 Å². The topological polar surface area (TPSA) is 58.2 Å². The van der Waals surface area contributed by atoms with Crippen LogP contribution in [-0.4, -0.2) is 34.2 Å². The number of hydrogen-bond acceptors (Lipinski definition) is 3. The summed E-state index contributed by atoms with van der Waals surface area (Å²) in [7, 11) is 1.49. The highest BCUT2D eigenvalue weighted by atomic mass is 19.2. The van der Waals surface area contributed by atoms with Gasteiger partial charge >= 0.3 is 0 Å². The molecule has 1 N–H and O–H groups in total. The monoisotopic (exact) mass is 353 g/mol. The highest BCUT2D eigenvalue weighted by molar-refractivity contribution is 5.94. The molecule has 5 nitrogen and oxygen atoms in total. The Morgan fingerprint density at radius 1 is 1.32 bits per heavy atom. The SMILES string of the molecule is C[C@@H]1Cc2c(C(=O)N(C)Cc3cc(F)c(F)c(F)c3)n[nH]c2[C@H](C)O1. The predicted molar refractivity (Wildman–Crippen MR) is 83.4 cm³/mol. The summed E-state index contributed by atoms with van der Waals surface area (Å²) in [4.78, 5) is 14.0. The number of amides is 1. The molecule has 0 bridgehead atoms. The lowest BCUT2D eigenvalue weighted by Gasteiger charge is -2.25. The molecule has 1 aliphatic rings. The van der Waals surface area contributed by atoms with Gasteiger partial charge in [0.25, 0.3) is 5.91 Å². The standard InChI is InChI=1S/C17H18F3N3O2/c1-8-4-11-15(9(2)25-8)21-22-16(11)17(24)23(3)7-10-5-12(18)14(20)13(19)6-10/h5-6,8-9H,4,7H2,1-3H3,(H,21,22)/t8-,9+/m1/s1. The highest BCUT2D eigenvalue weighted by Crippen LogP contribution is 2.30. The van der Waals surface area contributed by atoms with Gasteiger partial charge in [-0.05, 0) is 31.5 Å². The van der Waals surface area contributed by atoms with Crippen molar-refractivity contribution in [1.82, 2.24) is 15.1 Å². The Labute approximate surface area is 142 Å². The van der Waals surface area contributed by atoms with Gasteiger partial charge in [-0.3, -0.25) is 9.89 Å². The first-order valence-electron chi connectivity index (χ1n) is 7.89. The molecule has 1 aliphatic heterocycles. The van der Waals surface area contributed by atoms with Crippen molar-refractivity contribution in [3.63, 3.8) is 0 Å². The van der Waals surface area contributed by atoms with Crippen LogP contribution in [0.25, 0.3) is 0 Å². The van der Waals surface area contributed by atoms with Crippen LogP contribution >= 0.6 is 0 Å². The molecule has 1 amide bonds. The highest BCUT2D eigenvalue weighted by Gasteiger charge is 2.30. The number of H-pyrrole nitrogens is 1. The van der Waals surface area contributed by atoms with E-state index >= 15 is 0 Å². The van der Waals surface area contributed by atoms with Crippen molar-refractivity contribution in [3.8, 4) is 0 Å². The summed E-state index contributed by atoms with van der Waals surface area (Å²) in [5.41, 5.74) is 1.97. The number of nitrogens with zero attached hydrogens (tertiary/aromatic N) is 2. The minimum atomic E-state index is -1.53. The van der Waals surface area contributed by atoms with Crippen molar-refractivity contribution in [2.24, 2.45) is 0 Å². The summed E-state index contributed by atoms with van der Waals surface area (Å²) >= 11 is 0. The number of rotatable bonds is 3. The number of aromatic amines is 1. The van der Waals surface area contributed by atoms with Crippen LogP contribution in [0.4, 0.5) is 13.2 Å². The second-order valence-corrected chi connectivity index (χ2v) is 6.29. The number of carbonyl (C=O) groups excluding carboxylic acids is 1. The van der Waals surface area contributed by atoms with E-state index in [1.54, 1.807) is 0 Å². The molecule has 1 aromatic carbocycles. The van der Waals surface area contributed by atoms with Gasteiger partial charge in [0.1, 0.15) is 0 Å². The Morgan fingerprint density at radius 3 is 2.60 bits per heavy atom. The zero-order chi connectivity index (χ0) is 18.3. The maximum absolute atomic E-state index is 13.3. The minimum absolute atomic E-state index is 0.0442. The summed E-state index contributed by atoms with van der Waals surface area (Å²) in [5, 5.41) is 6.92. The van der Waals surface area contributed by atoms with Gasteiger partial charge < -0.3 is 9.64 Å². The molecule has 3 rings (SSSR count). The Kier molecular flexibility index (Phi) is 4.55. The fraction of sp³-hybridized carbons (Fsp3) is 0.412. The molecule has 2 aromatic rings. The number of hydrogen-bond donors (Lipinski definition) is 1. The summed E-state index contributed by atoms with van der Waals surface area (Å²) in [5.74, 6) is -4.48. The van der Waals surface area contributed by atoms with E-state index in [9.17, 15) is 18.0 Å². The average Bonchev–Trinajstić information content (AvgIpc) is 2.95. The Morgan fingerprint density at radius 2 is 1.96 bits per heavy atom. The van der Waals surface area contributed by atoms with Crippen molar-refractivity contribution >= 4 is 5.91 Å². The van der Waals surface area contributed by atoms with Crippen LogP contribution in [0.2, 0.25) is 0 Å². The molecule has 2 atom stereocenters. The molecule has 0 unspecified atom stereocenters. The van der Waals surface area contributed by atoms with Crippen LogP contribution in [0.15, 0.2) is 12.1 Å². The molecule has 0 aliphatic carbocycles. The first-order valence-corrected chi connectivity index (χ1v) is 7.89. The zero-order valence-corrected chi connectivity index (χ0v) is 14.1. The van der Waals surface area contributed by atoms with E-state index in [1.807, 2.05) is 13.8 Å². The van der Waals surface area contributed by atoms with E-state index in [-0.39, 0.29) is 35.9 Å². The van der Waals surface area contributed by atoms with E-state index < -0.39 is 17.5 Å². The van der Waals surface area contributed by atoms with Gasteiger partial charge in [0.15, 0.2) is 23.1 Å². The number of nitrogens with one attached hydrogen (secondary N) is 1. The van der Waals surface area contributed by atoms with Crippen LogP contribution in [0.3, 0.4) is 0 Å². The molecule has 134 valence electrons. The van der Waals surface area contributed by atoms with Gasteiger partial charge in [0.05, 0.1) is 17.9 Å². The fourth-order valence-electron chi connectivity index (χ4n) is 3.08. The molecule has 0 fully saturated rings. The third kappa shape index (κ3) is 3.26. The van der Waals surface area contributed by atoms with Gasteiger partial charge in [0.2, 0.25) is 0 Å². The maximum atomic E-state index is 13.3. The van der Waals surface area contributed by atoms with Crippen molar-refractivity contribution in [3.05, 3.63) is 52.1 Å². The second-order valence-electron chi connectivity index (χ2n) is 6.29. The zero-order valence-electron chi connectivity index (χ0n) is 14.1. The average molecular weight is 353 g/mol. The number of benzene rings is 1. The molecule has 1 aromatic heterocycles. The molecular weight excluding hydrogens is 335 g/mol. The smallest absolute Gasteiger partial charge is 0.274 e.